The molecule has 2 amide bonds. The summed E-state index contributed by atoms with van der Waals surface area (Å²) in [7, 11) is 0. The maximum Gasteiger partial charge on any atom is 0.416 e. The Morgan fingerprint density at radius 3 is 2.10 bits per heavy atom. The second-order valence-corrected chi connectivity index (χ2v) is 7.61. The predicted molar refractivity (Wildman–Crippen MR) is 100 cm³/mol. The van der Waals surface area contributed by atoms with Crippen LogP contribution < -0.4 is 0 Å². The fourth-order valence-corrected chi connectivity index (χ4v) is 3.63. The van der Waals surface area contributed by atoms with Crippen molar-refractivity contribution in [2.45, 2.75) is 31.2 Å². The summed E-state index contributed by atoms with van der Waals surface area (Å²) in [6.07, 6.45) is -4.63. The van der Waals surface area contributed by atoms with Gasteiger partial charge in [0.25, 0.3) is 5.91 Å². The molecule has 1 aliphatic heterocycles. The molecule has 1 fully saturated rings. The third-order valence-corrected chi connectivity index (χ3v) is 5.36. The molecule has 2 aliphatic rings. The van der Waals surface area contributed by atoms with Crippen molar-refractivity contribution in [1.29, 1.82) is 0 Å². The zero-order chi connectivity index (χ0) is 23.0. The highest BCUT2D eigenvalue weighted by Gasteiger charge is 2.38. The van der Waals surface area contributed by atoms with Crippen molar-refractivity contribution in [1.82, 2.24) is 9.80 Å². The number of nitrogens with zero attached hydrogens (tertiary/aromatic N) is 2. The molecule has 31 heavy (non-hydrogen) atoms. The Morgan fingerprint density at radius 1 is 0.968 bits per heavy atom. The Hall–Kier alpha value is -2.49. The van der Waals surface area contributed by atoms with Gasteiger partial charge in [-0.15, -0.1) is 0 Å². The number of rotatable bonds is 2. The number of carbonyl (C=O) groups excluding carboxylic acids is 2. The Kier molecular flexibility index (Phi) is 6.40. The van der Waals surface area contributed by atoms with E-state index in [1.807, 2.05) is 0 Å². The minimum atomic E-state index is -5.05. The standard InChI is InChI=1S/C20H17ClF6N2O2/c21-15-1-3-16(4-2-15)29-8-7-28(6-5-17(29)30)18(31)12-9-13(19(22,23)24)11-14(10-12)20(25,26)27/h1-3,9-11,16H,4-8H2. The van der Waals surface area contributed by atoms with Gasteiger partial charge in [0.2, 0.25) is 5.91 Å². The van der Waals surface area contributed by atoms with E-state index in [9.17, 15) is 35.9 Å². The lowest BCUT2D eigenvalue weighted by Crippen LogP contribution is -2.41. The molecule has 0 bridgehead atoms. The highest BCUT2D eigenvalue weighted by Crippen LogP contribution is 2.36. The van der Waals surface area contributed by atoms with E-state index in [0.717, 1.165) is 4.90 Å². The van der Waals surface area contributed by atoms with Crippen molar-refractivity contribution in [3.63, 3.8) is 0 Å². The first-order valence-corrected chi connectivity index (χ1v) is 9.66. The zero-order valence-electron chi connectivity index (χ0n) is 15.9. The Morgan fingerprint density at radius 2 is 1.58 bits per heavy atom. The summed E-state index contributed by atoms with van der Waals surface area (Å²) in [5, 5.41) is 0.528. The second kappa shape index (κ2) is 8.57. The van der Waals surface area contributed by atoms with Crippen LogP contribution in [0.15, 0.2) is 41.5 Å². The van der Waals surface area contributed by atoms with Crippen LogP contribution in [0.25, 0.3) is 0 Å². The number of hydrogen-bond acceptors (Lipinski definition) is 2. The Labute approximate surface area is 178 Å². The number of allylic oxidation sites excluding steroid dienone is 2. The smallest absolute Gasteiger partial charge is 0.336 e. The van der Waals surface area contributed by atoms with Crippen LogP contribution in [0.3, 0.4) is 0 Å². The van der Waals surface area contributed by atoms with Gasteiger partial charge in [-0.1, -0.05) is 23.8 Å². The molecule has 1 aromatic carbocycles. The van der Waals surface area contributed by atoms with E-state index >= 15 is 0 Å². The molecule has 1 atom stereocenters. The van der Waals surface area contributed by atoms with E-state index in [1.54, 1.807) is 18.2 Å². The van der Waals surface area contributed by atoms with Gasteiger partial charge in [-0.3, -0.25) is 9.59 Å². The van der Waals surface area contributed by atoms with Gasteiger partial charge in [-0.25, -0.2) is 0 Å². The topological polar surface area (TPSA) is 40.6 Å². The molecule has 0 radical (unpaired) electrons. The summed E-state index contributed by atoms with van der Waals surface area (Å²) in [4.78, 5) is 27.9. The highest BCUT2D eigenvalue weighted by molar-refractivity contribution is 6.31. The van der Waals surface area contributed by atoms with Crippen molar-refractivity contribution < 1.29 is 35.9 Å². The fourth-order valence-electron chi connectivity index (χ4n) is 3.47. The van der Waals surface area contributed by atoms with E-state index in [1.165, 1.54) is 4.90 Å². The average Bonchev–Trinajstić information content (AvgIpc) is 2.88. The first-order valence-electron chi connectivity index (χ1n) is 9.28. The van der Waals surface area contributed by atoms with E-state index in [4.69, 9.17) is 11.6 Å². The normalized spacial score (nSPS) is 20.5. The van der Waals surface area contributed by atoms with Crippen LogP contribution in [-0.4, -0.2) is 47.3 Å². The van der Waals surface area contributed by atoms with Crippen LogP contribution in [0.1, 0.15) is 34.3 Å². The molecular formula is C20H17ClF6N2O2. The first kappa shape index (κ1) is 23.2. The highest BCUT2D eigenvalue weighted by atomic mass is 35.5. The number of alkyl halides is 6. The number of halogens is 7. The molecule has 4 nitrogen and oxygen atoms in total. The van der Waals surface area contributed by atoms with Gasteiger partial charge in [0.15, 0.2) is 0 Å². The molecular weight excluding hydrogens is 450 g/mol. The monoisotopic (exact) mass is 466 g/mol. The van der Waals surface area contributed by atoms with Gasteiger partial charge < -0.3 is 9.80 Å². The SMILES string of the molecule is O=C(c1cc(C(F)(F)F)cc(C(F)(F)F)c1)N1CCC(=O)N(C2C=CC(Cl)=CC2)CC1. The Bertz CT molecular complexity index is 906. The van der Waals surface area contributed by atoms with Gasteiger partial charge in [-0.2, -0.15) is 26.3 Å². The summed E-state index contributed by atoms with van der Waals surface area (Å²) < 4.78 is 78.5. The lowest BCUT2D eigenvalue weighted by atomic mass is 10.0. The summed E-state index contributed by atoms with van der Waals surface area (Å²) in [6, 6.07) is 0.492. The molecule has 0 N–H and O–H groups in total. The van der Waals surface area contributed by atoms with E-state index in [0.29, 0.717) is 23.6 Å². The number of amides is 2. The Balaban J connectivity index is 1.83. The van der Waals surface area contributed by atoms with Gasteiger partial charge >= 0.3 is 12.4 Å². The lowest BCUT2D eigenvalue weighted by Gasteiger charge is -2.29. The summed E-state index contributed by atoms with van der Waals surface area (Å²) in [5.41, 5.74) is -3.85. The summed E-state index contributed by atoms with van der Waals surface area (Å²) >= 11 is 5.87. The first-order chi connectivity index (χ1) is 14.4. The molecule has 0 aromatic heterocycles. The molecule has 1 heterocycles. The van der Waals surface area contributed by atoms with Crippen molar-refractivity contribution in [3.8, 4) is 0 Å². The fraction of sp³-hybridized carbons (Fsp3) is 0.400. The van der Waals surface area contributed by atoms with Crippen LogP contribution in [0, 0.1) is 0 Å². The van der Waals surface area contributed by atoms with Crippen molar-refractivity contribution in [2.75, 3.05) is 19.6 Å². The van der Waals surface area contributed by atoms with Crippen LogP contribution in [0.5, 0.6) is 0 Å². The molecule has 11 heteroatoms. The van der Waals surface area contributed by atoms with Crippen LogP contribution in [0.4, 0.5) is 26.3 Å². The molecule has 3 rings (SSSR count). The zero-order valence-corrected chi connectivity index (χ0v) is 16.7. The maximum atomic E-state index is 13.1. The third kappa shape index (κ3) is 5.41. The molecule has 168 valence electrons. The van der Waals surface area contributed by atoms with Gasteiger partial charge in [0.1, 0.15) is 0 Å². The van der Waals surface area contributed by atoms with Crippen LogP contribution in [0.2, 0.25) is 0 Å². The van der Waals surface area contributed by atoms with Crippen molar-refractivity contribution >= 4 is 23.4 Å². The van der Waals surface area contributed by atoms with Crippen molar-refractivity contribution in [3.05, 3.63) is 58.1 Å². The maximum absolute atomic E-state index is 13.1. The predicted octanol–water partition coefficient (Wildman–Crippen LogP) is 4.85. The minimum absolute atomic E-state index is 0.0239. The van der Waals surface area contributed by atoms with Crippen molar-refractivity contribution in [2.24, 2.45) is 0 Å². The molecule has 1 aliphatic carbocycles. The van der Waals surface area contributed by atoms with Crippen LogP contribution in [-0.2, 0) is 17.1 Å². The summed E-state index contributed by atoms with van der Waals surface area (Å²) in [5.74, 6) is -1.26. The minimum Gasteiger partial charge on any atom is -0.336 e. The molecule has 1 unspecified atom stereocenters. The van der Waals surface area contributed by atoms with Gasteiger partial charge in [0, 0.05) is 36.7 Å². The molecule has 1 aromatic rings. The summed E-state index contributed by atoms with van der Waals surface area (Å²) in [6.45, 7) is -0.0428. The van der Waals surface area contributed by atoms with E-state index in [-0.39, 0.29) is 44.1 Å². The largest absolute Gasteiger partial charge is 0.416 e. The molecule has 0 spiro atoms. The molecule has 0 saturated carbocycles. The van der Waals surface area contributed by atoms with E-state index in [2.05, 4.69) is 0 Å². The lowest BCUT2D eigenvalue weighted by molar-refractivity contribution is -0.143. The quantitative estimate of drug-likeness (QED) is 0.585. The number of carbonyl (C=O) groups is 2. The van der Waals surface area contributed by atoms with Gasteiger partial charge in [-0.05, 0) is 30.7 Å². The van der Waals surface area contributed by atoms with E-state index < -0.39 is 35.0 Å². The number of hydrogen-bond donors (Lipinski definition) is 0. The molecule has 1 saturated heterocycles. The van der Waals surface area contributed by atoms with Crippen LogP contribution >= 0.6 is 11.6 Å². The third-order valence-electron chi connectivity index (χ3n) is 5.08. The second-order valence-electron chi connectivity index (χ2n) is 7.18. The van der Waals surface area contributed by atoms with Gasteiger partial charge in [0.05, 0.1) is 17.2 Å². The number of benzene rings is 1. The average molecular weight is 467 g/mol.